The molecule has 0 saturated carbocycles. The molecule has 0 aromatic heterocycles. The summed E-state index contributed by atoms with van der Waals surface area (Å²) in [5.74, 6) is 0. The first-order chi connectivity index (χ1) is 5.88. The monoisotopic (exact) mass is 219 g/mol. The standard InChI is InChI=1S/C9H15O2.Zn/c1-3-8(10-5-1)7-9-4-2-6-11-9;/h7-9H,1-6H2;. The minimum atomic E-state index is 0.535. The first-order valence-electron chi connectivity index (χ1n) is 4.94. The van der Waals surface area contributed by atoms with Crippen LogP contribution in [0.4, 0.5) is 0 Å². The summed E-state index contributed by atoms with van der Waals surface area (Å²) in [6.45, 7) is 1.96. The molecule has 2 heterocycles. The molecule has 2 saturated heterocycles. The molecule has 0 aromatic carbocycles. The van der Waals surface area contributed by atoms with Crippen LogP contribution in [0.5, 0.6) is 0 Å². The maximum atomic E-state index is 5.68. The molecule has 2 rings (SSSR count). The second kappa shape index (κ2) is 4.17. The molecule has 2 atom stereocenters. The van der Waals surface area contributed by atoms with Crippen molar-refractivity contribution in [3.63, 3.8) is 0 Å². The summed E-state index contributed by atoms with van der Waals surface area (Å²) in [5.41, 5.74) is 0. The Morgan fingerprint density at radius 3 is 1.83 bits per heavy atom. The summed E-state index contributed by atoms with van der Waals surface area (Å²) >= 11 is 1.33. The predicted octanol–water partition coefficient (Wildman–Crippen LogP) is 1.68. The summed E-state index contributed by atoms with van der Waals surface area (Å²) in [7, 11) is 0. The van der Waals surface area contributed by atoms with Crippen LogP contribution in [0.3, 0.4) is 0 Å². The normalized spacial score (nSPS) is 38.8. The average molecular weight is 221 g/mol. The topological polar surface area (TPSA) is 18.5 Å². The molecule has 0 spiro atoms. The molecule has 2 nitrogen and oxygen atoms in total. The van der Waals surface area contributed by atoms with E-state index < -0.39 is 0 Å². The SMILES string of the molecule is [Zn][CH](C1CCCO1)C1CCCO1. The summed E-state index contributed by atoms with van der Waals surface area (Å²) in [6, 6.07) is 0. The zero-order valence-electron chi connectivity index (χ0n) is 7.50. The fourth-order valence-corrected chi connectivity index (χ4v) is 3.68. The van der Waals surface area contributed by atoms with Crippen molar-refractivity contribution < 1.29 is 27.8 Å². The van der Waals surface area contributed by atoms with Gasteiger partial charge in [0.25, 0.3) is 0 Å². The van der Waals surface area contributed by atoms with Gasteiger partial charge in [0, 0.05) is 0 Å². The van der Waals surface area contributed by atoms with E-state index in [0.29, 0.717) is 12.2 Å². The van der Waals surface area contributed by atoms with Crippen molar-refractivity contribution in [2.24, 2.45) is 0 Å². The van der Waals surface area contributed by atoms with Gasteiger partial charge in [-0.05, 0) is 0 Å². The summed E-state index contributed by atoms with van der Waals surface area (Å²) in [4.78, 5) is 0. The summed E-state index contributed by atoms with van der Waals surface area (Å²) < 4.78 is 12.1. The van der Waals surface area contributed by atoms with Crippen LogP contribution in [0.2, 0.25) is 4.51 Å². The zero-order chi connectivity index (χ0) is 8.39. The number of hydrogen-bond acceptors (Lipinski definition) is 2. The van der Waals surface area contributed by atoms with Crippen molar-refractivity contribution >= 4 is 0 Å². The first kappa shape index (κ1) is 9.11. The quantitative estimate of drug-likeness (QED) is 0.660. The van der Waals surface area contributed by atoms with E-state index in [1.54, 1.807) is 0 Å². The number of rotatable bonds is 2. The van der Waals surface area contributed by atoms with Gasteiger partial charge >= 0.3 is 83.4 Å². The van der Waals surface area contributed by atoms with Crippen molar-refractivity contribution in [1.82, 2.24) is 0 Å². The molecule has 0 radical (unpaired) electrons. The van der Waals surface area contributed by atoms with Crippen LogP contribution in [0.25, 0.3) is 0 Å². The second-order valence-electron chi connectivity index (χ2n) is 3.77. The molecule has 0 aliphatic carbocycles. The molecule has 0 bridgehead atoms. The van der Waals surface area contributed by atoms with Crippen LogP contribution in [0.15, 0.2) is 0 Å². The molecule has 2 aliphatic rings. The Morgan fingerprint density at radius 1 is 1.00 bits per heavy atom. The van der Waals surface area contributed by atoms with E-state index >= 15 is 0 Å². The van der Waals surface area contributed by atoms with Gasteiger partial charge in [0.1, 0.15) is 0 Å². The van der Waals surface area contributed by atoms with Crippen molar-refractivity contribution in [3.8, 4) is 0 Å². The van der Waals surface area contributed by atoms with E-state index in [9.17, 15) is 0 Å². The Labute approximate surface area is 83.7 Å². The minimum absolute atomic E-state index is 0.535. The van der Waals surface area contributed by atoms with Gasteiger partial charge in [-0.2, -0.15) is 0 Å². The van der Waals surface area contributed by atoms with E-state index in [2.05, 4.69) is 0 Å². The second-order valence-corrected chi connectivity index (χ2v) is 5.74. The van der Waals surface area contributed by atoms with E-state index in [4.69, 9.17) is 9.47 Å². The van der Waals surface area contributed by atoms with Crippen LogP contribution >= 0.6 is 0 Å². The van der Waals surface area contributed by atoms with Gasteiger partial charge in [-0.15, -0.1) is 0 Å². The zero-order valence-corrected chi connectivity index (χ0v) is 10.5. The van der Waals surface area contributed by atoms with Crippen LogP contribution in [-0.4, -0.2) is 25.4 Å². The molecule has 2 aliphatic heterocycles. The van der Waals surface area contributed by atoms with E-state index in [0.717, 1.165) is 17.7 Å². The van der Waals surface area contributed by atoms with E-state index in [1.807, 2.05) is 0 Å². The molecule has 0 aromatic rings. The fraction of sp³-hybridized carbons (Fsp3) is 1.00. The van der Waals surface area contributed by atoms with Crippen LogP contribution < -0.4 is 0 Å². The maximum absolute atomic E-state index is 5.68. The molecule has 65 valence electrons. The molecular weight excluding hydrogens is 205 g/mol. The van der Waals surface area contributed by atoms with Gasteiger partial charge in [-0.1, -0.05) is 0 Å². The Hall–Kier alpha value is 0.543. The van der Waals surface area contributed by atoms with Crippen LogP contribution in [-0.2, 0) is 27.8 Å². The Kier molecular flexibility index (Phi) is 3.17. The average Bonchev–Trinajstić information content (AvgIpc) is 2.77. The van der Waals surface area contributed by atoms with Gasteiger partial charge in [0.2, 0.25) is 0 Å². The molecule has 2 fully saturated rings. The molecule has 0 amide bonds. The molecule has 12 heavy (non-hydrogen) atoms. The van der Waals surface area contributed by atoms with E-state index in [1.165, 1.54) is 44.0 Å². The third-order valence-corrected chi connectivity index (χ3v) is 5.09. The Bertz CT molecular complexity index is 123. The van der Waals surface area contributed by atoms with Gasteiger partial charge in [0.05, 0.1) is 0 Å². The molecule has 0 N–H and O–H groups in total. The van der Waals surface area contributed by atoms with Gasteiger partial charge in [-0.25, -0.2) is 0 Å². The molecule has 3 heteroatoms. The van der Waals surface area contributed by atoms with Crippen molar-refractivity contribution in [2.75, 3.05) is 13.2 Å². The fourth-order valence-electron chi connectivity index (χ4n) is 2.12. The van der Waals surface area contributed by atoms with Crippen molar-refractivity contribution in [1.29, 1.82) is 0 Å². The Balaban J connectivity index is 1.84. The summed E-state index contributed by atoms with van der Waals surface area (Å²) in [6.07, 6.45) is 6.12. The van der Waals surface area contributed by atoms with Crippen molar-refractivity contribution in [3.05, 3.63) is 0 Å². The van der Waals surface area contributed by atoms with Crippen molar-refractivity contribution in [2.45, 2.75) is 42.4 Å². The third-order valence-electron chi connectivity index (χ3n) is 2.88. The van der Waals surface area contributed by atoms with Crippen LogP contribution in [0.1, 0.15) is 25.7 Å². The van der Waals surface area contributed by atoms with Gasteiger partial charge < -0.3 is 0 Å². The third kappa shape index (κ3) is 1.89. The van der Waals surface area contributed by atoms with Gasteiger partial charge in [-0.3, -0.25) is 0 Å². The number of hydrogen-bond donors (Lipinski definition) is 0. The predicted molar refractivity (Wildman–Crippen MR) is 41.7 cm³/mol. The molecular formula is C9H15O2Zn. The van der Waals surface area contributed by atoms with E-state index in [-0.39, 0.29) is 0 Å². The van der Waals surface area contributed by atoms with Crippen LogP contribution in [0, 0.1) is 0 Å². The molecule has 2 unspecified atom stereocenters. The van der Waals surface area contributed by atoms with Gasteiger partial charge in [0.15, 0.2) is 0 Å². The Morgan fingerprint density at radius 2 is 1.50 bits per heavy atom. The number of ether oxygens (including phenoxy) is 2. The summed E-state index contributed by atoms with van der Waals surface area (Å²) in [5, 5.41) is 0. The first-order valence-corrected chi connectivity index (χ1v) is 6.65.